The summed E-state index contributed by atoms with van der Waals surface area (Å²) in [6.07, 6.45) is 6.19. The average Bonchev–Trinajstić information content (AvgIpc) is 2.65. The van der Waals surface area contributed by atoms with Gasteiger partial charge in [-0.15, -0.1) is 11.3 Å². The van der Waals surface area contributed by atoms with Crippen molar-refractivity contribution in [2.24, 2.45) is 5.73 Å². The van der Waals surface area contributed by atoms with Crippen LogP contribution in [0.3, 0.4) is 0 Å². The minimum atomic E-state index is -0.501. The second-order valence-corrected chi connectivity index (χ2v) is 7.82. The Hall–Kier alpha value is -0.460. The molecule has 1 saturated carbocycles. The molecule has 104 valence electrons. The molecular formula is C13H17BrN2OS2. The molecule has 0 atom stereocenters. The van der Waals surface area contributed by atoms with Crippen LogP contribution in [0.15, 0.2) is 15.9 Å². The number of nitrogens with one attached hydrogen (secondary N) is 1. The van der Waals surface area contributed by atoms with Gasteiger partial charge in [0.05, 0.1) is 19.2 Å². The fourth-order valence-corrected chi connectivity index (χ4v) is 4.02. The molecular weight excluding hydrogens is 344 g/mol. The minimum absolute atomic E-state index is 0.0783. The first-order chi connectivity index (χ1) is 9.03. The van der Waals surface area contributed by atoms with Gasteiger partial charge >= 0.3 is 0 Å². The maximum atomic E-state index is 12.3. The molecule has 0 bridgehead atoms. The Balaban J connectivity index is 2.16. The number of nitrogens with two attached hydrogens (primary N) is 1. The molecule has 0 radical (unpaired) electrons. The van der Waals surface area contributed by atoms with Gasteiger partial charge in [0.1, 0.15) is 0 Å². The van der Waals surface area contributed by atoms with Crippen LogP contribution < -0.4 is 11.1 Å². The highest BCUT2D eigenvalue weighted by Gasteiger charge is 2.35. The van der Waals surface area contributed by atoms with Crippen LogP contribution in [-0.2, 0) is 0 Å². The Morgan fingerprint density at radius 3 is 2.42 bits per heavy atom. The Kier molecular flexibility index (Phi) is 4.97. The predicted molar refractivity (Wildman–Crippen MR) is 86.7 cm³/mol. The van der Waals surface area contributed by atoms with Crippen molar-refractivity contribution in [2.45, 2.75) is 44.1 Å². The molecule has 0 aliphatic heterocycles. The smallest absolute Gasteiger partial charge is 0.262 e. The molecule has 19 heavy (non-hydrogen) atoms. The van der Waals surface area contributed by atoms with E-state index in [0.717, 1.165) is 29.5 Å². The molecule has 1 aliphatic rings. The van der Waals surface area contributed by atoms with Crippen molar-refractivity contribution in [2.75, 3.05) is 0 Å². The van der Waals surface area contributed by atoms with Crippen LogP contribution in [0.1, 0.15) is 48.2 Å². The van der Waals surface area contributed by atoms with E-state index in [1.165, 1.54) is 24.2 Å². The normalized spacial score (nSPS) is 18.6. The highest BCUT2D eigenvalue weighted by Crippen LogP contribution is 2.29. The fraction of sp³-hybridized carbons (Fsp3) is 0.538. The number of hydrogen-bond acceptors (Lipinski definition) is 3. The summed E-state index contributed by atoms with van der Waals surface area (Å²) in [6.45, 7) is 0. The molecule has 1 amide bonds. The summed E-state index contributed by atoms with van der Waals surface area (Å²) in [7, 11) is 0. The van der Waals surface area contributed by atoms with E-state index in [4.69, 9.17) is 18.0 Å². The van der Waals surface area contributed by atoms with Crippen LogP contribution >= 0.6 is 39.5 Å². The standard InChI is InChI=1S/C13H17BrN2OS2/c14-10-6-5-9(19-10)11(17)16-13(12(15)18)7-3-1-2-4-8-13/h5-6H,1-4,7-8H2,(H2,15,18)(H,16,17). The number of thiocarbonyl (C=S) groups is 1. The molecule has 1 aromatic rings. The van der Waals surface area contributed by atoms with Gasteiger partial charge in [0.15, 0.2) is 0 Å². The molecule has 1 fully saturated rings. The fourth-order valence-electron chi connectivity index (χ4n) is 2.48. The zero-order valence-electron chi connectivity index (χ0n) is 10.6. The van der Waals surface area contributed by atoms with Gasteiger partial charge in [-0.05, 0) is 40.9 Å². The van der Waals surface area contributed by atoms with E-state index >= 15 is 0 Å². The average molecular weight is 361 g/mol. The number of rotatable bonds is 3. The molecule has 6 heteroatoms. The van der Waals surface area contributed by atoms with E-state index in [1.807, 2.05) is 12.1 Å². The first-order valence-electron chi connectivity index (χ1n) is 6.41. The van der Waals surface area contributed by atoms with Crippen LogP contribution in [0, 0.1) is 0 Å². The number of hydrogen-bond donors (Lipinski definition) is 2. The Bertz CT molecular complexity index is 479. The molecule has 1 heterocycles. The monoisotopic (exact) mass is 360 g/mol. The van der Waals surface area contributed by atoms with Gasteiger partial charge in [-0.3, -0.25) is 4.79 Å². The van der Waals surface area contributed by atoms with Gasteiger partial charge in [-0.1, -0.05) is 37.9 Å². The van der Waals surface area contributed by atoms with E-state index in [-0.39, 0.29) is 5.91 Å². The van der Waals surface area contributed by atoms with Crippen LogP contribution in [0.25, 0.3) is 0 Å². The molecule has 1 aliphatic carbocycles. The van der Waals surface area contributed by atoms with E-state index < -0.39 is 5.54 Å². The quantitative estimate of drug-likeness (QED) is 0.639. The van der Waals surface area contributed by atoms with Gasteiger partial charge in [0.2, 0.25) is 0 Å². The van der Waals surface area contributed by atoms with Gasteiger partial charge in [0.25, 0.3) is 5.91 Å². The SMILES string of the molecule is NC(=S)C1(NC(=O)c2ccc(Br)s2)CCCCCC1. The summed E-state index contributed by atoms with van der Waals surface area (Å²) < 4.78 is 0.947. The maximum absolute atomic E-state index is 12.3. The van der Waals surface area contributed by atoms with E-state index in [0.29, 0.717) is 9.87 Å². The molecule has 0 unspecified atom stereocenters. The lowest BCUT2D eigenvalue weighted by Crippen LogP contribution is -2.56. The molecule has 0 saturated heterocycles. The summed E-state index contributed by atoms with van der Waals surface area (Å²) >= 11 is 10.0. The lowest BCUT2D eigenvalue weighted by molar-refractivity contribution is 0.0921. The molecule has 2 rings (SSSR count). The predicted octanol–water partition coefficient (Wildman–Crippen LogP) is 3.62. The second-order valence-electron chi connectivity index (χ2n) is 4.92. The molecule has 0 aromatic carbocycles. The van der Waals surface area contributed by atoms with Crippen LogP contribution in [0.4, 0.5) is 0 Å². The van der Waals surface area contributed by atoms with Crippen LogP contribution in [0.2, 0.25) is 0 Å². The highest BCUT2D eigenvalue weighted by molar-refractivity contribution is 9.11. The van der Waals surface area contributed by atoms with Crippen molar-refractivity contribution in [3.8, 4) is 0 Å². The molecule has 0 spiro atoms. The van der Waals surface area contributed by atoms with Crippen molar-refractivity contribution < 1.29 is 4.79 Å². The molecule has 1 aromatic heterocycles. The Labute approximate surface area is 131 Å². The number of carbonyl (C=O) groups excluding carboxylic acids is 1. The van der Waals surface area contributed by atoms with E-state index in [9.17, 15) is 4.79 Å². The van der Waals surface area contributed by atoms with Crippen LogP contribution in [0.5, 0.6) is 0 Å². The minimum Gasteiger partial charge on any atom is -0.391 e. The molecule has 3 N–H and O–H groups in total. The molecule has 3 nitrogen and oxygen atoms in total. The van der Waals surface area contributed by atoms with Crippen molar-refractivity contribution in [1.29, 1.82) is 0 Å². The van der Waals surface area contributed by atoms with Gasteiger partial charge in [0, 0.05) is 0 Å². The lowest BCUT2D eigenvalue weighted by Gasteiger charge is -2.32. The third-order valence-electron chi connectivity index (χ3n) is 3.58. The third kappa shape index (κ3) is 3.55. The van der Waals surface area contributed by atoms with E-state index in [1.54, 1.807) is 0 Å². The number of carbonyl (C=O) groups is 1. The van der Waals surface area contributed by atoms with Crippen molar-refractivity contribution in [3.63, 3.8) is 0 Å². The summed E-state index contributed by atoms with van der Waals surface area (Å²) in [5.41, 5.74) is 5.41. The zero-order valence-corrected chi connectivity index (χ0v) is 13.8. The topological polar surface area (TPSA) is 55.1 Å². The zero-order chi connectivity index (χ0) is 13.9. The summed E-state index contributed by atoms with van der Waals surface area (Å²) in [6, 6.07) is 3.69. The number of thiophene rings is 1. The van der Waals surface area contributed by atoms with Crippen LogP contribution in [-0.4, -0.2) is 16.4 Å². The largest absolute Gasteiger partial charge is 0.391 e. The second kappa shape index (κ2) is 6.33. The number of amides is 1. The van der Waals surface area contributed by atoms with E-state index in [2.05, 4.69) is 21.2 Å². The van der Waals surface area contributed by atoms with Crippen molar-refractivity contribution in [3.05, 3.63) is 20.8 Å². The third-order valence-corrected chi connectivity index (χ3v) is 5.59. The Morgan fingerprint density at radius 1 is 1.32 bits per heavy atom. The van der Waals surface area contributed by atoms with Crippen molar-refractivity contribution >= 4 is 50.4 Å². The van der Waals surface area contributed by atoms with Gasteiger partial charge in [-0.2, -0.15) is 0 Å². The summed E-state index contributed by atoms with van der Waals surface area (Å²) in [4.78, 5) is 13.4. The van der Waals surface area contributed by atoms with Gasteiger partial charge < -0.3 is 11.1 Å². The highest BCUT2D eigenvalue weighted by atomic mass is 79.9. The Morgan fingerprint density at radius 2 is 1.95 bits per heavy atom. The maximum Gasteiger partial charge on any atom is 0.262 e. The van der Waals surface area contributed by atoms with Gasteiger partial charge in [-0.25, -0.2) is 0 Å². The first kappa shape index (κ1) is 14.9. The number of halogens is 1. The van der Waals surface area contributed by atoms with Crippen molar-refractivity contribution in [1.82, 2.24) is 5.32 Å². The first-order valence-corrected chi connectivity index (χ1v) is 8.43. The summed E-state index contributed by atoms with van der Waals surface area (Å²) in [5, 5.41) is 3.09. The lowest BCUT2D eigenvalue weighted by atomic mass is 9.90. The summed E-state index contributed by atoms with van der Waals surface area (Å²) in [5.74, 6) is -0.0783.